The molecule has 0 aliphatic heterocycles. The molecule has 2 heterocycles. The Labute approximate surface area is 103 Å². The van der Waals surface area contributed by atoms with Gasteiger partial charge >= 0.3 is 0 Å². The van der Waals surface area contributed by atoms with Gasteiger partial charge in [-0.2, -0.15) is 0 Å². The third kappa shape index (κ3) is 2.82. The maximum Gasteiger partial charge on any atom is 0.254 e. The molecule has 0 spiro atoms. The second kappa shape index (κ2) is 4.97. The van der Waals surface area contributed by atoms with Gasteiger partial charge in [0, 0.05) is 31.2 Å². The highest BCUT2D eigenvalue weighted by atomic mass is 35.5. The molecule has 0 bridgehead atoms. The second-order valence-electron chi connectivity index (χ2n) is 3.56. The lowest BCUT2D eigenvalue weighted by Gasteiger charge is -2.15. The summed E-state index contributed by atoms with van der Waals surface area (Å²) in [6.07, 6.45) is 4.88. The molecule has 0 unspecified atom stereocenters. The van der Waals surface area contributed by atoms with E-state index in [1.807, 2.05) is 0 Å². The van der Waals surface area contributed by atoms with Crippen LogP contribution in [-0.4, -0.2) is 32.8 Å². The number of pyridine rings is 1. The van der Waals surface area contributed by atoms with Gasteiger partial charge in [0.1, 0.15) is 11.0 Å². The summed E-state index contributed by atoms with van der Waals surface area (Å²) in [5.41, 5.74) is 0.513. The van der Waals surface area contributed by atoms with E-state index in [1.54, 1.807) is 36.5 Å². The Kier molecular flexibility index (Phi) is 3.39. The zero-order valence-electron chi connectivity index (χ0n) is 9.22. The van der Waals surface area contributed by atoms with Gasteiger partial charge in [0.2, 0.25) is 0 Å². The van der Waals surface area contributed by atoms with Crippen molar-refractivity contribution in [1.29, 1.82) is 0 Å². The Balaban J connectivity index is 2.09. The summed E-state index contributed by atoms with van der Waals surface area (Å²) in [6.45, 7) is 0.422. The Morgan fingerprint density at radius 3 is 2.94 bits per heavy atom. The summed E-state index contributed by atoms with van der Waals surface area (Å²) in [5, 5.41) is 0.308. The predicted molar refractivity (Wildman–Crippen MR) is 63.6 cm³/mol. The molecule has 1 N–H and O–H groups in total. The zero-order chi connectivity index (χ0) is 12.3. The van der Waals surface area contributed by atoms with Crippen LogP contribution in [0.4, 0.5) is 0 Å². The molecule has 2 rings (SSSR count). The van der Waals surface area contributed by atoms with Gasteiger partial charge in [-0.25, -0.2) is 9.97 Å². The predicted octanol–water partition coefficient (Wildman–Crippen LogP) is 1.73. The summed E-state index contributed by atoms with van der Waals surface area (Å²) in [7, 11) is 1.71. The van der Waals surface area contributed by atoms with Gasteiger partial charge in [0.25, 0.3) is 5.91 Å². The number of nitrogens with zero attached hydrogens (tertiary/aromatic N) is 3. The summed E-state index contributed by atoms with van der Waals surface area (Å²) >= 11 is 5.74. The molecule has 0 saturated heterocycles. The Morgan fingerprint density at radius 1 is 1.47 bits per heavy atom. The molecule has 0 aliphatic rings. The van der Waals surface area contributed by atoms with E-state index >= 15 is 0 Å². The quantitative estimate of drug-likeness (QED) is 0.844. The normalized spacial score (nSPS) is 10.2. The number of aromatic amines is 1. The lowest BCUT2D eigenvalue weighted by molar-refractivity contribution is 0.0782. The SMILES string of the molecule is CN(Cc1ncc[nH]1)C(=O)c1ccnc(Cl)c1. The molecule has 0 saturated carbocycles. The van der Waals surface area contributed by atoms with Crippen molar-refractivity contribution in [1.82, 2.24) is 19.9 Å². The van der Waals surface area contributed by atoms with Gasteiger partial charge in [-0.1, -0.05) is 11.6 Å². The number of hydrogen-bond donors (Lipinski definition) is 1. The third-order valence-corrected chi connectivity index (χ3v) is 2.47. The molecule has 0 aromatic carbocycles. The van der Waals surface area contributed by atoms with Crippen molar-refractivity contribution in [3.05, 3.63) is 47.3 Å². The molecule has 5 nitrogen and oxygen atoms in total. The first kappa shape index (κ1) is 11.6. The minimum absolute atomic E-state index is 0.120. The number of rotatable bonds is 3. The van der Waals surface area contributed by atoms with Crippen molar-refractivity contribution in [2.45, 2.75) is 6.54 Å². The summed E-state index contributed by atoms with van der Waals surface area (Å²) in [5.74, 6) is 0.617. The molecule has 0 aliphatic carbocycles. The van der Waals surface area contributed by atoms with Crippen LogP contribution < -0.4 is 0 Å². The van der Waals surface area contributed by atoms with Crippen LogP contribution in [0.3, 0.4) is 0 Å². The van der Waals surface area contributed by atoms with Crippen LogP contribution >= 0.6 is 11.6 Å². The fourth-order valence-electron chi connectivity index (χ4n) is 1.44. The summed E-state index contributed by atoms with van der Waals surface area (Å²) in [4.78, 5) is 24.4. The maximum absolute atomic E-state index is 12.0. The minimum atomic E-state index is -0.120. The van der Waals surface area contributed by atoms with E-state index in [9.17, 15) is 4.79 Å². The lowest BCUT2D eigenvalue weighted by Crippen LogP contribution is -2.26. The van der Waals surface area contributed by atoms with Gasteiger partial charge in [0.15, 0.2) is 0 Å². The summed E-state index contributed by atoms with van der Waals surface area (Å²) < 4.78 is 0. The molecular formula is C11H11ClN4O. The fraction of sp³-hybridized carbons (Fsp3) is 0.182. The Bertz CT molecular complexity index is 512. The number of nitrogens with one attached hydrogen (secondary N) is 1. The van der Waals surface area contributed by atoms with Gasteiger partial charge < -0.3 is 9.88 Å². The average Bonchev–Trinajstić information content (AvgIpc) is 2.80. The van der Waals surface area contributed by atoms with Crippen LogP contribution in [-0.2, 0) is 6.54 Å². The van der Waals surface area contributed by atoms with Crippen molar-refractivity contribution in [3.63, 3.8) is 0 Å². The third-order valence-electron chi connectivity index (χ3n) is 2.26. The first-order valence-corrected chi connectivity index (χ1v) is 5.40. The number of carbonyl (C=O) groups excluding carboxylic acids is 1. The number of aromatic nitrogens is 3. The first-order chi connectivity index (χ1) is 8.16. The van der Waals surface area contributed by atoms with Crippen molar-refractivity contribution < 1.29 is 4.79 Å². The highest BCUT2D eigenvalue weighted by molar-refractivity contribution is 6.29. The minimum Gasteiger partial charge on any atom is -0.347 e. The van der Waals surface area contributed by atoms with E-state index in [4.69, 9.17) is 11.6 Å². The van der Waals surface area contributed by atoms with E-state index in [0.717, 1.165) is 5.82 Å². The fourth-order valence-corrected chi connectivity index (χ4v) is 1.61. The smallest absolute Gasteiger partial charge is 0.254 e. The average molecular weight is 251 g/mol. The maximum atomic E-state index is 12.0. The lowest BCUT2D eigenvalue weighted by atomic mass is 10.2. The number of imidazole rings is 1. The molecule has 0 fully saturated rings. The number of halogens is 1. The van der Waals surface area contributed by atoms with Crippen LogP contribution in [0.25, 0.3) is 0 Å². The number of hydrogen-bond acceptors (Lipinski definition) is 3. The molecule has 0 atom stereocenters. The number of amides is 1. The Hall–Kier alpha value is -1.88. The monoisotopic (exact) mass is 250 g/mol. The Morgan fingerprint density at radius 2 is 2.29 bits per heavy atom. The molecule has 2 aromatic rings. The van der Waals surface area contributed by atoms with Crippen molar-refractivity contribution in [2.75, 3.05) is 7.05 Å². The van der Waals surface area contributed by atoms with Gasteiger partial charge in [-0.3, -0.25) is 4.79 Å². The van der Waals surface area contributed by atoms with Crippen LogP contribution in [0.2, 0.25) is 5.15 Å². The van der Waals surface area contributed by atoms with Gasteiger partial charge in [0.05, 0.1) is 6.54 Å². The largest absolute Gasteiger partial charge is 0.347 e. The van der Waals surface area contributed by atoms with E-state index in [-0.39, 0.29) is 5.91 Å². The van der Waals surface area contributed by atoms with E-state index in [2.05, 4.69) is 15.0 Å². The topological polar surface area (TPSA) is 61.9 Å². The molecule has 0 radical (unpaired) electrons. The number of H-pyrrole nitrogens is 1. The molecule has 2 aromatic heterocycles. The van der Waals surface area contributed by atoms with Gasteiger partial charge in [-0.15, -0.1) is 0 Å². The number of carbonyl (C=O) groups is 1. The van der Waals surface area contributed by atoms with E-state index < -0.39 is 0 Å². The first-order valence-electron chi connectivity index (χ1n) is 5.02. The van der Waals surface area contributed by atoms with E-state index in [1.165, 1.54) is 6.20 Å². The van der Waals surface area contributed by atoms with Crippen LogP contribution in [0.5, 0.6) is 0 Å². The van der Waals surface area contributed by atoms with E-state index in [0.29, 0.717) is 17.3 Å². The van der Waals surface area contributed by atoms with Crippen molar-refractivity contribution in [2.24, 2.45) is 0 Å². The highest BCUT2D eigenvalue weighted by Crippen LogP contribution is 2.10. The molecule has 17 heavy (non-hydrogen) atoms. The van der Waals surface area contributed by atoms with Crippen molar-refractivity contribution >= 4 is 17.5 Å². The highest BCUT2D eigenvalue weighted by Gasteiger charge is 2.13. The second-order valence-corrected chi connectivity index (χ2v) is 3.95. The standard InChI is InChI=1S/C11H11ClN4O/c1-16(7-10-14-4-5-15-10)11(17)8-2-3-13-9(12)6-8/h2-6H,7H2,1H3,(H,14,15). The van der Waals surface area contributed by atoms with Crippen molar-refractivity contribution in [3.8, 4) is 0 Å². The van der Waals surface area contributed by atoms with Crippen LogP contribution in [0, 0.1) is 0 Å². The van der Waals surface area contributed by atoms with Crippen LogP contribution in [0.15, 0.2) is 30.7 Å². The molecule has 6 heteroatoms. The molecule has 88 valence electrons. The molecule has 1 amide bonds. The summed E-state index contributed by atoms with van der Waals surface area (Å²) in [6, 6.07) is 3.18. The van der Waals surface area contributed by atoms with Crippen LogP contribution in [0.1, 0.15) is 16.2 Å². The molecular weight excluding hydrogens is 240 g/mol. The zero-order valence-corrected chi connectivity index (χ0v) is 9.98. The van der Waals surface area contributed by atoms with Gasteiger partial charge in [-0.05, 0) is 12.1 Å².